The average Bonchev–Trinajstić information content (AvgIpc) is 3.13. The van der Waals surface area contributed by atoms with Crippen molar-refractivity contribution in [1.82, 2.24) is 15.0 Å². The highest BCUT2D eigenvalue weighted by Gasteiger charge is 2.18. The molecule has 126 valence electrons. The van der Waals surface area contributed by atoms with Crippen LogP contribution >= 0.6 is 0 Å². The second-order valence-electron chi connectivity index (χ2n) is 6.14. The molecule has 4 aromatic rings. The Hall–Kier alpha value is -3.46. The molecular weight excluding hydrogens is 318 g/mol. The monoisotopic (exact) mass is 337 g/mol. The first kappa shape index (κ1) is 16.0. The lowest BCUT2D eigenvalue weighted by Gasteiger charge is -2.11. The summed E-state index contributed by atoms with van der Waals surface area (Å²) < 4.78 is 1.94. The summed E-state index contributed by atoms with van der Waals surface area (Å²) in [5.74, 6) is 0. The van der Waals surface area contributed by atoms with E-state index in [4.69, 9.17) is 0 Å². The molecule has 0 spiro atoms. The number of benzene rings is 3. The van der Waals surface area contributed by atoms with Crippen LogP contribution in [0, 0.1) is 0 Å². The molecular formula is C23H19N3. The van der Waals surface area contributed by atoms with Gasteiger partial charge in [0, 0.05) is 11.1 Å². The molecule has 26 heavy (non-hydrogen) atoms. The van der Waals surface area contributed by atoms with Crippen LogP contribution < -0.4 is 0 Å². The molecule has 0 N–H and O–H groups in total. The fourth-order valence-corrected chi connectivity index (χ4v) is 3.05. The highest BCUT2D eigenvalue weighted by molar-refractivity contribution is 5.84. The van der Waals surface area contributed by atoms with Crippen LogP contribution in [0.1, 0.15) is 16.8 Å². The van der Waals surface area contributed by atoms with Gasteiger partial charge in [0.2, 0.25) is 0 Å². The molecule has 0 amide bonds. The molecule has 1 aromatic heterocycles. The third kappa shape index (κ3) is 3.20. The summed E-state index contributed by atoms with van der Waals surface area (Å²) in [6.45, 7) is 5.01. The summed E-state index contributed by atoms with van der Waals surface area (Å²) in [6, 6.07) is 30.6. The topological polar surface area (TPSA) is 30.7 Å². The van der Waals surface area contributed by atoms with Gasteiger partial charge in [0.25, 0.3) is 0 Å². The Labute approximate surface area is 153 Å². The van der Waals surface area contributed by atoms with E-state index in [-0.39, 0.29) is 0 Å². The molecule has 3 nitrogen and oxygen atoms in total. The number of rotatable bonds is 5. The van der Waals surface area contributed by atoms with Gasteiger partial charge in [-0.15, -0.1) is 5.10 Å². The van der Waals surface area contributed by atoms with Crippen molar-refractivity contribution in [2.75, 3.05) is 0 Å². The van der Waals surface area contributed by atoms with Crippen LogP contribution in [-0.4, -0.2) is 15.0 Å². The Bertz CT molecular complexity index is 1000. The lowest BCUT2D eigenvalue weighted by atomic mass is 10.00. The maximum atomic E-state index is 4.48. The van der Waals surface area contributed by atoms with Crippen LogP contribution in [0.4, 0.5) is 0 Å². The van der Waals surface area contributed by atoms with Gasteiger partial charge in [-0.2, -0.15) is 0 Å². The normalized spacial score (nSPS) is 10.6. The second kappa shape index (κ2) is 7.19. The van der Waals surface area contributed by atoms with E-state index >= 15 is 0 Å². The van der Waals surface area contributed by atoms with E-state index in [9.17, 15) is 0 Å². The Balaban J connectivity index is 1.82. The first-order chi connectivity index (χ1) is 12.8. The first-order valence-electron chi connectivity index (χ1n) is 8.60. The van der Waals surface area contributed by atoms with Crippen molar-refractivity contribution in [3.05, 3.63) is 114 Å². The zero-order chi connectivity index (χ0) is 17.8. The largest absolute Gasteiger partial charge is 0.240 e. The minimum absolute atomic E-state index is 0.655. The minimum atomic E-state index is 0.655. The van der Waals surface area contributed by atoms with Gasteiger partial charge in [-0.1, -0.05) is 103 Å². The van der Waals surface area contributed by atoms with Gasteiger partial charge in [0.15, 0.2) is 0 Å². The fraction of sp³-hybridized carbons (Fsp3) is 0.0435. The van der Waals surface area contributed by atoms with E-state index in [1.54, 1.807) is 0 Å². The summed E-state index contributed by atoms with van der Waals surface area (Å²) >= 11 is 0. The molecule has 0 bridgehead atoms. The van der Waals surface area contributed by atoms with E-state index in [1.807, 2.05) is 59.3 Å². The molecule has 0 aliphatic heterocycles. The molecule has 0 saturated heterocycles. The highest BCUT2D eigenvalue weighted by atomic mass is 15.4. The summed E-state index contributed by atoms with van der Waals surface area (Å²) in [7, 11) is 0. The van der Waals surface area contributed by atoms with Crippen molar-refractivity contribution in [3.8, 4) is 11.3 Å². The first-order valence-corrected chi connectivity index (χ1v) is 8.60. The van der Waals surface area contributed by atoms with E-state index in [1.165, 1.54) is 5.56 Å². The van der Waals surface area contributed by atoms with Crippen LogP contribution in [0.15, 0.2) is 97.6 Å². The molecule has 3 heteroatoms. The summed E-state index contributed by atoms with van der Waals surface area (Å²) in [5, 5.41) is 8.92. The third-order valence-corrected chi connectivity index (χ3v) is 4.37. The molecule has 0 aliphatic carbocycles. The number of hydrogen-bond acceptors (Lipinski definition) is 2. The third-order valence-electron chi connectivity index (χ3n) is 4.37. The lowest BCUT2D eigenvalue weighted by Crippen LogP contribution is -2.07. The fourth-order valence-electron chi connectivity index (χ4n) is 3.05. The summed E-state index contributed by atoms with van der Waals surface area (Å²) in [4.78, 5) is 0. The molecule has 0 unspecified atom stereocenters. The maximum Gasteiger partial charge on any atom is 0.121 e. The van der Waals surface area contributed by atoms with Crippen LogP contribution in [0.5, 0.6) is 0 Å². The molecule has 0 atom stereocenters. The van der Waals surface area contributed by atoms with Gasteiger partial charge in [0.1, 0.15) is 5.69 Å². The van der Waals surface area contributed by atoms with Gasteiger partial charge >= 0.3 is 0 Å². The van der Waals surface area contributed by atoms with Crippen molar-refractivity contribution < 1.29 is 0 Å². The van der Waals surface area contributed by atoms with Crippen molar-refractivity contribution in [2.24, 2.45) is 0 Å². The molecule has 0 fully saturated rings. The molecule has 3 aromatic carbocycles. The van der Waals surface area contributed by atoms with Crippen LogP contribution in [0.2, 0.25) is 0 Å². The van der Waals surface area contributed by atoms with Crippen molar-refractivity contribution in [2.45, 2.75) is 6.54 Å². The Morgan fingerprint density at radius 1 is 0.769 bits per heavy atom. The quantitative estimate of drug-likeness (QED) is 0.510. The van der Waals surface area contributed by atoms with E-state index in [0.717, 1.165) is 28.1 Å². The number of nitrogens with zero attached hydrogens (tertiary/aromatic N) is 3. The average molecular weight is 337 g/mol. The van der Waals surface area contributed by atoms with Crippen LogP contribution in [0.25, 0.3) is 16.8 Å². The molecule has 1 heterocycles. The smallest absolute Gasteiger partial charge is 0.121 e. The van der Waals surface area contributed by atoms with Crippen molar-refractivity contribution >= 4 is 5.57 Å². The molecule has 0 aliphatic rings. The highest BCUT2D eigenvalue weighted by Crippen LogP contribution is 2.30. The summed E-state index contributed by atoms with van der Waals surface area (Å²) in [6.07, 6.45) is 0. The zero-order valence-electron chi connectivity index (χ0n) is 14.4. The van der Waals surface area contributed by atoms with Crippen LogP contribution in [-0.2, 0) is 6.54 Å². The predicted molar refractivity (Wildman–Crippen MR) is 106 cm³/mol. The number of hydrogen-bond donors (Lipinski definition) is 0. The van der Waals surface area contributed by atoms with Crippen molar-refractivity contribution in [1.29, 1.82) is 0 Å². The van der Waals surface area contributed by atoms with E-state index in [2.05, 4.69) is 53.3 Å². The zero-order valence-corrected chi connectivity index (χ0v) is 14.4. The second-order valence-corrected chi connectivity index (χ2v) is 6.14. The van der Waals surface area contributed by atoms with Crippen LogP contribution in [0.3, 0.4) is 0 Å². The summed E-state index contributed by atoms with van der Waals surface area (Å²) in [5.41, 5.74) is 6.02. The Morgan fingerprint density at radius 2 is 1.35 bits per heavy atom. The van der Waals surface area contributed by atoms with Gasteiger partial charge in [-0.3, -0.25) is 0 Å². The number of aromatic nitrogens is 3. The predicted octanol–water partition coefficient (Wildman–Crippen LogP) is 5.05. The molecule has 4 rings (SSSR count). The lowest BCUT2D eigenvalue weighted by molar-refractivity contribution is 0.643. The maximum absolute atomic E-state index is 4.48. The van der Waals surface area contributed by atoms with Gasteiger partial charge in [-0.05, 0) is 11.1 Å². The molecule has 0 saturated carbocycles. The van der Waals surface area contributed by atoms with Crippen molar-refractivity contribution in [3.63, 3.8) is 0 Å². The minimum Gasteiger partial charge on any atom is -0.240 e. The van der Waals surface area contributed by atoms with Gasteiger partial charge in [0.05, 0.1) is 12.2 Å². The standard InChI is InChI=1S/C23H19N3/c1-18(20-13-7-3-8-14-20)23-22(21-15-9-4-10-16-21)24-25-26(23)17-19-11-5-2-6-12-19/h2-16H,1,17H2. The van der Waals surface area contributed by atoms with E-state index in [0.29, 0.717) is 6.54 Å². The van der Waals surface area contributed by atoms with E-state index < -0.39 is 0 Å². The molecule has 0 radical (unpaired) electrons. The van der Waals surface area contributed by atoms with Gasteiger partial charge in [-0.25, -0.2) is 4.68 Å². The Kier molecular flexibility index (Phi) is 4.44. The SMILES string of the molecule is C=C(c1ccccc1)c1c(-c2ccccc2)nnn1Cc1ccccc1. The van der Waals surface area contributed by atoms with Gasteiger partial charge < -0.3 is 0 Å². The Morgan fingerprint density at radius 3 is 2.00 bits per heavy atom.